The Kier molecular flexibility index (Phi) is 5.34. The number of rotatable bonds is 6. The summed E-state index contributed by atoms with van der Waals surface area (Å²) in [4.78, 5) is 0. The first-order valence-electron chi connectivity index (χ1n) is 7.40. The van der Waals surface area contributed by atoms with Crippen LogP contribution in [0.4, 0.5) is 0 Å². The van der Waals surface area contributed by atoms with Crippen LogP contribution in [0.3, 0.4) is 0 Å². The molecular weight excluding hydrogens is 240 g/mol. The van der Waals surface area contributed by atoms with E-state index < -0.39 is 0 Å². The summed E-state index contributed by atoms with van der Waals surface area (Å²) in [6, 6.07) is 0.519. The Morgan fingerprint density at radius 2 is 2.05 bits per heavy atom. The van der Waals surface area contributed by atoms with Crippen molar-refractivity contribution in [2.75, 3.05) is 13.7 Å². The smallest absolute Gasteiger partial charge is 0.150 e. The van der Waals surface area contributed by atoms with Gasteiger partial charge in [-0.25, -0.2) is 0 Å². The molecule has 19 heavy (non-hydrogen) atoms. The van der Waals surface area contributed by atoms with Gasteiger partial charge >= 0.3 is 0 Å². The number of hydrogen-bond donors (Lipinski definition) is 1. The first-order chi connectivity index (χ1) is 9.24. The van der Waals surface area contributed by atoms with Gasteiger partial charge in [-0.05, 0) is 32.6 Å². The molecule has 0 bridgehead atoms. The van der Waals surface area contributed by atoms with Crippen LogP contribution in [0.15, 0.2) is 0 Å². The zero-order chi connectivity index (χ0) is 13.7. The van der Waals surface area contributed by atoms with Crippen LogP contribution in [0.2, 0.25) is 0 Å². The Bertz CT molecular complexity index is 385. The minimum Gasteiger partial charge on any atom is -0.385 e. The number of methoxy groups -OCH3 is 1. The molecule has 5 nitrogen and oxygen atoms in total. The lowest BCUT2D eigenvalue weighted by molar-refractivity contribution is 0.190. The molecule has 1 fully saturated rings. The average Bonchev–Trinajstić information content (AvgIpc) is 2.82. The Morgan fingerprint density at radius 3 is 2.74 bits per heavy atom. The number of aromatic nitrogens is 3. The van der Waals surface area contributed by atoms with Crippen molar-refractivity contribution in [2.45, 2.75) is 64.0 Å². The summed E-state index contributed by atoms with van der Waals surface area (Å²) in [5.41, 5.74) is 6.28. The Hall–Kier alpha value is -0.940. The summed E-state index contributed by atoms with van der Waals surface area (Å²) in [5.74, 6) is 1.96. The van der Waals surface area contributed by atoms with E-state index in [1.165, 1.54) is 32.1 Å². The van der Waals surface area contributed by atoms with Crippen molar-refractivity contribution in [1.29, 1.82) is 0 Å². The largest absolute Gasteiger partial charge is 0.385 e. The Balaban J connectivity index is 2.07. The first-order valence-corrected chi connectivity index (χ1v) is 7.40. The SMILES string of the molecule is COCCCC(N)c1nnc(C)n1C1CCCCC1. The van der Waals surface area contributed by atoms with Crippen LogP contribution in [0.5, 0.6) is 0 Å². The molecule has 2 N–H and O–H groups in total. The quantitative estimate of drug-likeness (QED) is 0.803. The molecule has 1 aliphatic carbocycles. The van der Waals surface area contributed by atoms with Gasteiger partial charge in [0.25, 0.3) is 0 Å². The fraction of sp³-hybridized carbons (Fsp3) is 0.857. The molecule has 1 saturated carbocycles. The molecule has 1 aliphatic rings. The minimum atomic E-state index is -0.0294. The zero-order valence-electron chi connectivity index (χ0n) is 12.1. The number of ether oxygens (including phenoxy) is 1. The van der Waals surface area contributed by atoms with Gasteiger partial charge < -0.3 is 15.0 Å². The van der Waals surface area contributed by atoms with Crippen LogP contribution in [-0.2, 0) is 4.74 Å². The third-order valence-electron chi connectivity index (χ3n) is 4.03. The van der Waals surface area contributed by atoms with Gasteiger partial charge in [0.05, 0.1) is 6.04 Å². The number of aryl methyl sites for hydroxylation is 1. The van der Waals surface area contributed by atoms with Gasteiger partial charge in [-0.15, -0.1) is 10.2 Å². The second-order valence-corrected chi connectivity index (χ2v) is 5.51. The van der Waals surface area contributed by atoms with E-state index in [9.17, 15) is 0 Å². The summed E-state index contributed by atoms with van der Waals surface area (Å²) in [5, 5.41) is 8.56. The van der Waals surface area contributed by atoms with E-state index in [2.05, 4.69) is 14.8 Å². The molecule has 1 atom stereocenters. The molecule has 5 heteroatoms. The lowest BCUT2D eigenvalue weighted by Gasteiger charge is -2.26. The van der Waals surface area contributed by atoms with Gasteiger partial charge in [-0.1, -0.05) is 19.3 Å². The fourth-order valence-electron chi connectivity index (χ4n) is 3.01. The highest BCUT2D eigenvalue weighted by Crippen LogP contribution is 2.31. The summed E-state index contributed by atoms with van der Waals surface area (Å²) in [6.07, 6.45) is 8.30. The van der Waals surface area contributed by atoms with Crippen molar-refractivity contribution in [3.05, 3.63) is 11.6 Å². The molecule has 0 aromatic carbocycles. The number of nitrogens with two attached hydrogens (primary N) is 1. The predicted molar refractivity (Wildman–Crippen MR) is 74.9 cm³/mol. The standard InChI is InChI=1S/C14H26N4O/c1-11-16-17-14(13(15)9-6-10-19-2)18(11)12-7-4-3-5-8-12/h12-13H,3-10,15H2,1-2H3. The highest BCUT2D eigenvalue weighted by atomic mass is 16.5. The highest BCUT2D eigenvalue weighted by Gasteiger charge is 2.23. The van der Waals surface area contributed by atoms with Crippen LogP contribution in [0.1, 0.15) is 68.7 Å². The van der Waals surface area contributed by atoms with Gasteiger partial charge in [0.1, 0.15) is 11.6 Å². The van der Waals surface area contributed by atoms with Crippen LogP contribution in [-0.4, -0.2) is 28.5 Å². The Labute approximate surface area is 115 Å². The van der Waals surface area contributed by atoms with Crippen LogP contribution in [0.25, 0.3) is 0 Å². The second-order valence-electron chi connectivity index (χ2n) is 5.51. The van der Waals surface area contributed by atoms with Gasteiger partial charge in [-0.3, -0.25) is 0 Å². The maximum Gasteiger partial charge on any atom is 0.150 e. The van der Waals surface area contributed by atoms with Crippen LogP contribution >= 0.6 is 0 Å². The summed E-state index contributed by atoms with van der Waals surface area (Å²) >= 11 is 0. The van der Waals surface area contributed by atoms with Gasteiger partial charge in [0, 0.05) is 19.8 Å². The normalized spacial score (nSPS) is 18.7. The summed E-state index contributed by atoms with van der Waals surface area (Å²) in [6.45, 7) is 2.79. The second kappa shape index (κ2) is 7.01. The minimum absolute atomic E-state index is 0.0294. The fourth-order valence-corrected chi connectivity index (χ4v) is 3.01. The molecule has 1 aromatic rings. The molecule has 1 aromatic heterocycles. The third-order valence-corrected chi connectivity index (χ3v) is 4.03. The average molecular weight is 266 g/mol. The van der Waals surface area contributed by atoms with Crippen molar-refractivity contribution >= 4 is 0 Å². The lowest BCUT2D eigenvalue weighted by atomic mass is 9.95. The van der Waals surface area contributed by atoms with E-state index >= 15 is 0 Å². The van der Waals surface area contributed by atoms with E-state index in [0.29, 0.717) is 6.04 Å². The van der Waals surface area contributed by atoms with Crippen LogP contribution in [0, 0.1) is 6.92 Å². The van der Waals surface area contributed by atoms with Crippen molar-refractivity contribution in [3.63, 3.8) is 0 Å². The zero-order valence-corrected chi connectivity index (χ0v) is 12.1. The summed E-state index contributed by atoms with van der Waals surface area (Å²) < 4.78 is 7.37. The van der Waals surface area contributed by atoms with Crippen molar-refractivity contribution < 1.29 is 4.74 Å². The monoisotopic (exact) mass is 266 g/mol. The third kappa shape index (κ3) is 3.54. The predicted octanol–water partition coefficient (Wildman–Crippen LogP) is 2.52. The maximum absolute atomic E-state index is 6.28. The van der Waals surface area contributed by atoms with Crippen molar-refractivity contribution in [3.8, 4) is 0 Å². The molecule has 0 aliphatic heterocycles. The molecule has 2 rings (SSSR count). The topological polar surface area (TPSA) is 66.0 Å². The van der Waals surface area contributed by atoms with E-state index in [4.69, 9.17) is 10.5 Å². The van der Waals surface area contributed by atoms with Gasteiger partial charge in [0.15, 0.2) is 0 Å². The van der Waals surface area contributed by atoms with Crippen LogP contribution < -0.4 is 5.73 Å². The van der Waals surface area contributed by atoms with Gasteiger partial charge in [-0.2, -0.15) is 0 Å². The molecule has 0 saturated heterocycles. The van der Waals surface area contributed by atoms with Crippen molar-refractivity contribution in [1.82, 2.24) is 14.8 Å². The van der Waals surface area contributed by atoms with E-state index in [1.54, 1.807) is 7.11 Å². The summed E-state index contributed by atoms with van der Waals surface area (Å²) in [7, 11) is 1.72. The first kappa shape index (κ1) is 14.5. The van der Waals surface area contributed by atoms with Crippen molar-refractivity contribution in [2.24, 2.45) is 5.73 Å². The van der Waals surface area contributed by atoms with E-state index in [0.717, 1.165) is 31.1 Å². The Morgan fingerprint density at radius 1 is 1.32 bits per heavy atom. The number of hydrogen-bond acceptors (Lipinski definition) is 4. The number of nitrogens with zero attached hydrogens (tertiary/aromatic N) is 3. The molecule has 1 unspecified atom stereocenters. The molecule has 0 spiro atoms. The molecule has 0 amide bonds. The van der Waals surface area contributed by atoms with E-state index in [-0.39, 0.29) is 6.04 Å². The van der Waals surface area contributed by atoms with E-state index in [1.807, 2.05) is 6.92 Å². The molecule has 108 valence electrons. The maximum atomic E-state index is 6.28. The molecule has 1 heterocycles. The molecule has 0 radical (unpaired) electrons. The van der Waals surface area contributed by atoms with Gasteiger partial charge in [0.2, 0.25) is 0 Å². The lowest BCUT2D eigenvalue weighted by Crippen LogP contribution is -2.22. The molecular formula is C14H26N4O. The highest BCUT2D eigenvalue weighted by molar-refractivity contribution is 5.02.